The van der Waals surface area contributed by atoms with Crippen LogP contribution in [0.1, 0.15) is 55.7 Å². The number of alkyl halides is 3. The first-order valence-electron chi connectivity index (χ1n) is 18.3. The second-order valence-electron chi connectivity index (χ2n) is 13.8. The number of esters is 1. The molecular formula is C39H42F3N9O4. The number of halogens is 3. The summed E-state index contributed by atoms with van der Waals surface area (Å²) in [7, 11) is 0. The maximum Gasteiger partial charge on any atom is 0.490 e. The molecule has 2 fully saturated rings. The van der Waals surface area contributed by atoms with Crippen molar-refractivity contribution in [3.05, 3.63) is 103 Å². The number of ether oxygens (including phenoxy) is 1. The van der Waals surface area contributed by atoms with Gasteiger partial charge in [-0.05, 0) is 42.5 Å². The highest BCUT2D eigenvalue weighted by atomic mass is 19.4. The van der Waals surface area contributed by atoms with E-state index in [-0.39, 0.29) is 36.4 Å². The summed E-state index contributed by atoms with van der Waals surface area (Å²) in [4.78, 5) is 45.5. The Bertz CT molecular complexity index is 2020. The molecule has 2 aromatic carbocycles. The Morgan fingerprint density at radius 3 is 2.24 bits per heavy atom. The summed E-state index contributed by atoms with van der Waals surface area (Å²) in [5.74, 6) is -1.40. The minimum Gasteiger partial charge on any atom is -0.451 e. The highest BCUT2D eigenvalue weighted by Gasteiger charge is 2.51. The van der Waals surface area contributed by atoms with Gasteiger partial charge in [-0.1, -0.05) is 73.7 Å². The first-order valence-corrected chi connectivity index (χ1v) is 18.3. The molecule has 1 aliphatic heterocycles. The number of fused-ring (bicyclic) bond motifs is 1. The number of anilines is 3. The number of hydrogen-bond donors (Lipinski definition) is 4. The Balaban J connectivity index is 1.23. The molecule has 4 atom stereocenters. The molecule has 55 heavy (non-hydrogen) atoms. The fourth-order valence-electron chi connectivity index (χ4n) is 7.37. The molecule has 0 unspecified atom stereocenters. The lowest BCUT2D eigenvalue weighted by Gasteiger charge is -2.33. The largest absolute Gasteiger partial charge is 0.490 e. The molecule has 0 spiro atoms. The monoisotopic (exact) mass is 757 g/mol. The Morgan fingerprint density at radius 2 is 1.62 bits per heavy atom. The molecular weight excluding hydrogens is 715 g/mol. The van der Waals surface area contributed by atoms with Gasteiger partial charge in [0.2, 0.25) is 11.9 Å². The number of nitrogens with one attached hydrogen (secondary N) is 3. The third-order valence-electron chi connectivity index (χ3n) is 10.2. The zero-order chi connectivity index (χ0) is 38.5. The maximum absolute atomic E-state index is 13.5. The van der Waals surface area contributed by atoms with Crippen LogP contribution in [-0.2, 0) is 14.3 Å². The topological polar surface area (TPSA) is 159 Å². The number of benzene rings is 2. The summed E-state index contributed by atoms with van der Waals surface area (Å²) in [6.45, 7) is 3.51. The minimum atomic E-state index is -5.30. The van der Waals surface area contributed by atoms with Crippen LogP contribution in [0.25, 0.3) is 11.2 Å². The fraction of sp³-hybridized carbons (Fsp3) is 0.385. The van der Waals surface area contributed by atoms with Crippen molar-refractivity contribution in [1.82, 2.24) is 29.8 Å². The van der Waals surface area contributed by atoms with Crippen LogP contribution < -0.4 is 20.9 Å². The zero-order valence-corrected chi connectivity index (χ0v) is 30.1. The van der Waals surface area contributed by atoms with Crippen molar-refractivity contribution in [2.75, 3.05) is 35.2 Å². The van der Waals surface area contributed by atoms with Crippen molar-refractivity contribution in [3.63, 3.8) is 0 Å². The SMILES string of the molecule is CCC(=O)N[C@H]1C[C@@H](n2cnc3c(NCC(c4ccccc4)c4ccccc4)nc(NC4CCN(c5ccccn5)CC4)nc32)[C@H](OC(=O)C(F)(F)F)[C@@H]1O. The summed E-state index contributed by atoms with van der Waals surface area (Å²) in [5, 5.41) is 20.8. The number of carbonyl (C=O) groups is 2. The molecule has 3 aromatic heterocycles. The molecule has 288 valence electrons. The Morgan fingerprint density at radius 1 is 0.945 bits per heavy atom. The van der Waals surface area contributed by atoms with E-state index in [1.165, 1.54) is 10.9 Å². The zero-order valence-electron chi connectivity index (χ0n) is 30.1. The number of piperidine rings is 1. The number of pyridine rings is 1. The Labute approximate surface area is 315 Å². The quantitative estimate of drug-likeness (QED) is 0.124. The molecule has 5 aromatic rings. The van der Waals surface area contributed by atoms with Gasteiger partial charge in [-0.25, -0.2) is 14.8 Å². The van der Waals surface area contributed by atoms with Crippen LogP contribution in [0.15, 0.2) is 91.4 Å². The van der Waals surface area contributed by atoms with E-state index in [2.05, 4.69) is 55.1 Å². The van der Waals surface area contributed by atoms with Crippen LogP contribution in [0, 0.1) is 0 Å². The average Bonchev–Trinajstić information content (AvgIpc) is 3.75. The van der Waals surface area contributed by atoms with Gasteiger partial charge in [0, 0.05) is 44.2 Å². The number of aliphatic hydroxyl groups is 1. The lowest BCUT2D eigenvalue weighted by molar-refractivity contribution is -0.209. The molecule has 0 radical (unpaired) electrons. The number of imidazole rings is 1. The summed E-state index contributed by atoms with van der Waals surface area (Å²) in [6.07, 6.45) is -3.92. The Kier molecular flexibility index (Phi) is 11.1. The van der Waals surface area contributed by atoms with Crippen molar-refractivity contribution < 1.29 is 32.6 Å². The van der Waals surface area contributed by atoms with E-state index in [4.69, 9.17) is 14.7 Å². The second-order valence-corrected chi connectivity index (χ2v) is 13.8. The summed E-state index contributed by atoms with van der Waals surface area (Å²) in [6, 6.07) is 23.7. The standard InChI is InChI=1S/C39H42F3N9O4/c1-2-31(52)47-28-21-29(34(33(28)53)55-37(54)39(40,41)42)51-23-45-32-35(44-22-27(24-11-5-3-6-12-24)25-13-7-4-8-14-25)48-38(49-36(32)51)46-26-16-19-50(20-17-26)30-15-9-10-18-43-30/h3-15,18,23,26-29,33-34,53H,2,16-17,19-22H2,1H3,(H,47,52)(H2,44,46,48,49)/t28-,29+,33+,34-/m0/s1. The molecule has 13 nitrogen and oxygen atoms in total. The predicted molar refractivity (Wildman–Crippen MR) is 199 cm³/mol. The average molecular weight is 758 g/mol. The smallest absolute Gasteiger partial charge is 0.451 e. The molecule has 2 aliphatic rings. The predicted octanol–water partition coefficient (Wildman–Crippen LogP) is 5.22. The third kappa shape index (κ3) is 8.48. The van der Waals surface area contributed by atoms with Crippen LogP contribution in [0.4, 0.5) is 30.8 Å². The summed E-state index contributed by atoms with van der Waals surface area (Å²) < 4.78 is 46.8. The molecule has 7 rings (SSSR count). The van der Waals surface area contributed by atoms with E-state index in [0.29, 0.717) is 17.9 Å². The van der Waals surface area contributed by atoms with E-state index in [0.717, 1.165) is 42.9 Å². The van der Waals surface area contributed by atoms with Gasteiger partial charge in [-0.2, -0.15) is 23.1 Å². The van der Waals surface area contributed by atoms with E-state index in [1.54, 1.807) is 13.1 Å². The number of rotatable bonds is 12. The minimum absolute atomic E-state index is 0.00884. The van der Waals surface area contributed by atoms with Crippen molar-refractivity contribution in [2.24, 2.45) is 0 Å². The van der Waals surface area contributed by atoms with Gasteiger partial charge in [0.05, 0.1) is 18.4 Å². The molecule has 4 heterocycles. The van der Waals surface area contributed by atoms with Gasteiger partial charge in [0.25, 0.3) is 0 Å². The molecule has 0 bridgehead atoms. The highest BCUT2D eigenvalue weighted by molar-refractivity contribution is 5.84. The lowest BCUT2D eigenvalue weighted by Crippen LogP contribution is -2.45. The summed E-state index contributed by atoms with van der Waals surface area (Å²) in [5.41, 5.74) is 2.72. The maximum atomic E-state index is 13.5. The first kappa shape index (κ1) is 37.5. The van der Waals surface area contributed by atoms with Gasteiger partial charge in [-0.3, -0.25) is 4.79 Å². The van der Waals surface area contributed by atoms with Gasteiger partial charge in [-0.15, -0.1) is 0 Å². The number of nitrogens with zero attached hydrogens (tertiary/aromatic N) is 6. The second kappa shape index (κ2) is 16.3. The lowest BCUT2D eigenvalue weighted by atomic mass is 9.91. The third-order valence-corrected chi connectivity index (χ3v) is 10.2. The molecule has 16 heteroatoms. The van der Waals surface area contributed by atoms with Crippen molar-refractivity contribution in [3.8, 4) is 0 Å². The van der Waals surface area contributed by atoms with Crippen LogP contribution in [-0.4, -0.2) is 91.6 Å². The number of carbonyl (C=O) groups excluding carboxylic acids is 2. The molecule has 1 aliphatic carbocycles. The van der Waals surface area contributed by atoms with Crippen LogP contribution in [0.5, 0.6) is 0 Å². The summed E-state index contributed by atoms with van der Waals surface area (Å²) >= 11 is 0. The van der Waals surface area contributed by atoms with Crippen LogP contribution in [0.2, 0.25) is 0 Å². The Hall–Kier alpha value is -5.77. The van der Waals surface area contributed by atoms with Crippen molar-refractivity contribution >= 4 is 40.6 Å². The number of hydrogen-bond acceptors (Lipinski definition) is 11. The van der Waals surface area contributed by atoms with Crippen LogP contribution >= 0.6 is 0 Å². The first-order chi connectivity index (χ1) is 26.6. The van der Waals surface area contributed by atoms with Crippen molar-refractivity contribution in [1.29, 1.82) is 0 Å². The van der Waals surface area contributed by atoms with Crippen LogP contribution in [0.3, 0.4) is 0 Å². The van der Waals surface area contributed by atoms with Gasteiger partial charge >= 0.3 is 12.1 Å². The van der Waals surface area contributed by atoms with Gasteiger partial charge < -0.3 is 35.3 Å². The van der Waals surface area contributed by atoms with E-state index in [1.807, 2.05) is 54.6 Å². The number of amides is 1. The molecule has 1 saturated heterocycles. The van der Waals surface area contributed by atoms with E-state index >= 15 is 0 Å². The van der Waals surface area contributed by atoms with E-state index < -0.39 is 42.3 Å². The highest BCUT2D eigenvalue weighted by Crippen LogP contribution is 2.38. The van der Waals surface area contributed by atoms with E-state index in [9.17, 15) is 27.9 Å². The molecule has 4 N–H and O–H groups in total. The number of aliphatic hydroxyl groups excluding tert-OH is 1. The fourth-order valence-corrected chi connectivity index (χ4v) is 7.37. The van der Waals surface area contributed by atoms with Gasteiger partial charge in [0.1, 0.15) is 11.9 Å². The normalized spacial score (nSPS) is 20.4. The van der Waals surface area contributed by atoms with Gasteiger partial charge in [0.15, 0.2) is 23.1 Å². The molecule has 1 saturated carbocycles. The molecule has 1 amide bonds. The number of aromatic nitrogens is 5. The van der Waals surface area contributed by atoms with Crippen molar-refractivity contribution in [2.45, 2.75) is 75.0 Å².